The highest BCUT2D eigenvalue weighted by atomic mass is 32.1. The average Bonchev–Trinajstić information content (AvgIpc) is 3.35. The quantitative estimate of drug-likeness (QED) is 0.339. The van der Waals surface area contributed by atoms with E-state index in [0.717, 1.165) is 22.9 Å². The van der Waals surface area contributed by atoms with E-state index in [2.05, 4.69) is 103 Å². The van der Waals surface area contributed by atoms with Crippen molar-refractivity contribution in [3.05, 3.63) is 113 Å². The van der Waals surface area contributed by atoms with E-state index in [-0.39, 0.29) is 12.1 Å². The number of benzene rings is 2. The van der Waals surface area contributed by atoms with Gasteiger partial charge in [0.1, 0.15) is 0 Å². The second-order valence-corrected chi connectivity index (χ2v) is 9.40. The molecule has 0 spiro atoms. The number of hydrogen-bond acceptors (Lipinski definition) is 2. The fourth-order valence-electron chi connectivity index (χ4n) is 5.09. The maximum Gasteiger partial charge on any atom is 0.174 e. The average molecular weight is 467 g/mol. The summed E-state index contributed by atoms with van der Waals surface area (Å²) in [4.78, 5) is 6.96. The van der Waals surface area contributed by atoms with Crippen molar-refractivity contribution in [2.75, 3.05) is 4.90 Å². The van der Waals surface area contributed by atoms with E-state index >= 15 is 0 Å². The number of pyridine rings is 1. The maximum absolute atomic E-state index is 5.90. The lowest BCUT2D eigenvalue weighted by Crippen LogP contribution is -2.29. The molecule has 0 bridgehead atoms. The van der Waals surface area contributed by atoms with Gasteiger partial charge in [-0.05, 0) is 98.6 Å². The highest BCUT2D eigenvalue weighted by molar-refractivity contribution is 7.80. The molecule has 2 atom stereocenters. The lowest BCUT2D eigenvalue weighted by Gasteiger charge is -2.28. The van der Waals surface area contributed by atoms with Crippen LogP contribution in [-0.2, 0) is 6.42 Å². The third kappa shape index (κ3) is 3.90. The molecule has 1 aliphatic rings. The zero-order valence-corrected chi connectivity index (χ0v) is 20.9. The summed E-state index contributed by atoms with van der Waals surface area (Å²) in [5.74, 6) is 0. The van der Waals surface area contributed by atoms with Crippen molar-refractivity contribution in [3.8, 4) is 5.69 Å². The Hall–Kier alpha value is -3.44. The van der Waals surface area contributed by atoms with Crippen LogP contribution in [0, 0.1) is 20.8 Å². The number of thiocarbonyl (C=S) groups is 1. The van der Waals surface area contributed by atoms with Crippen LogP contribution in [0.1, 0.15) is 52.8 Å². The van der Waals surface area contributed by atoms with Gasteiger partial charge < -0.3 is 14.8 Å². The molecule has 2 aromatic carbocycles. The Morgan fingerprint density at radius 3 is 2.38 bits per heavy atom. The van der Waals surface area contributed by atoms with Gasteiger partial charge in [-0.2, -0.15) is 0 Å². The molecule has 1 N–H and O–H groups in total. The third-order valence-electron chi connectivity index (χ3n) is 6.77. The topological polar surface area (TPSA) is 33.1 Å². The number of rotatable bonds is 5. The molecule has 34 heavy (non-hydrogen) atoms. The summed E-state index contributed by atoms with van der Waals surface area (Å²) in [6, 6.07) is 25.7. The Labute approximate surface area is 207 Å². The molecule has 2 aromatic heterocycles. The van der Waals surface area contributed by atoms with Crippen molar-refractivity contribution in [2.24, 2.45) is 0 Å². The molecule has 3 heterocycles. The molecular weight excluding hydrogens is 436 g/mol. The first-order valence-electron chi connectivity index (χ1n) is 11.8. The predicted octanol–water partition coefficient (Wildman–Crippen LogP) is 6.54. The Bertz CT molecular complexity index is 1320. The van der Waals surface area contributed by atoms with E-state index in [4.69, 9.17) is 17.2 Å². The molecule has 1 fully saturated rings. The summed E-state index contributed by atoms with van der Waals surface area (Å²) in [6.07, 6.45) is 2.89. The van der Waals surface area contributed by atoms with Crippen LogP contribution >= 0.6 is 12.2 Å². The first kappa shape index (κ1) is 22.4. The second-order valence-electron chi connectivity index (χ2n) is 9.02. The molecule has 172 valence electrons. The standard InChI is InChI=1S/C29H30N4S/c1-5-22-12-14-23(15-13-22)32-20(3)18-25(21(32)4)28-27(26-11-6-7-16-30-26)31-29(34)33(28)24-10-8-9-19(2)17-24/h6-18,27-28H,5H2,1-4H3,(H,31,34)/t27-,28-/m0/s1. The van der Waals surface area contributed by atoms with Gasteiger partial charge in [0.25, 0.3) is 0 Å². The first-order chi connectivity index (χ1) is 16.5. The first-order valence-corrected chi connectivity index (χ1v) is 12.2. The summed E-state index contributed by atoms with van der Waals surface area (Å²) in [5.41, 5.74) is 9.50. The van der Waals surface area contributed by atoms with Gasteiger partial charge >= 0.3 is 0 Å². The normalized spacial score (nSPS) is 17.8. The van der Waals surface area contributed by atoms with Gasteiger partial charge in [-0.15, -0.1) is 0 Å². The Kier molecular flexibility index (Phi) is 5.96. The molecule has 0 unspecified atom stereocenters. The molecule has 0 aliphatic carbocycles. The van der Waals surface area contributed by atoms with Gasteiger partial charge in [0.05, 0.1) is 17.8 Å². The van der Waals surface area contributed by atoms with Crippen LogP contribution in [0.25, 0.3) is 5.69 Å². The van der Waals surface area contributed by atoms with Crippen molar-refractivity contribution < 1.29 is 0 Å². The van der Waals surface area contributed by atoms with Crippen LogP contribution in [0.4, 0.5) is 5.69 Å². The number of aryl methyl sites for hydroxylation is 3. The molecule has 0 radical (unpaired) electrons. The minimum atomic E-state index is -0.0503. The molecule has 4 nitrogen and oxygen atoms in total. The van der Waals surface area contributed by atoms with Crippen LogP contribution in [-0.4, -0.2) is 14.7 Å². The molecule has 0 saturated carbocycles. The summed E-state index contributed by atoms with van der Waals surface area (Å²) in [7, 11) is 0. The lowest BCUT2D eigenvalue weighted by molar-refractivity contribution is 0.565. The van der Waals surface area contributed by atoms with Gasteiger partial charge in [-0.25, -0.2) is 0 Å². The second kappa shape index (κ2) is 9.07. The van der Waals surface area contributed by atoms with Crippen molar-refractivity contribution in [1.82, 2.24) is 14.9 Å². The Morgan fingerprint density at radius 2 is 1.71 bits per heavy atom. The Morgan fingerprint density at radius 1 is 0.912 bits per heavy atom. The molecule has 4 aromatic rings. The molecule has 5 rings (SSSR count). The number of nitrogens with zero attached hydrogens (tertiary/aromatic N) is 3. The van der Waals surface area contributed by atoms with Gasteiger partial charge in [0.15, 0.2) is 5.11 Å². The highest BCUT2D eigenvalue weighted by Crippen LogP contribution is 2.43. The third-order valence-corrected chi connectivity index (χ3v) is 7.08. The van der Waals surface area contributed by atoms with E-state index < -0.39 is 0 Å². The molecule has 1 saturated heterocycles. The monoisotopic (exact) mass is 466 g/mol. The van der Waals surface area contributed by atoms with E-state index in [1.807, 2.05) is 18.3 Å². The van der Waals surface area contributed by atoms with Gasteiger partial charge in [-0.1, -0.05) is 37.3 Å². The fourth-order valence-corrected chi connectivity index (χ4v) is 5.44. The van der Waals surface area contributed by atoms with Crippen LogP contribution in [0.5, 0.6) is 0 Å². The van der Waals surface area contributed by atoms with Gasteiger partial charge in [0.2, 0.25) is 0 Å². The smallest absolute Gasteiger partial charge is 0.174 e. The van der Waals surface area contributed by atoms with E-state index in [1.165, 1.54) is 33.8 Å². The summed E-state index contributed by atoms with van der Waals surface area (Å²) >= 11 is 5.90. The fraction of sp³-hybridized carbons (Fsp3) is 0.241. The summed E-state index contributed by atoms with van der Waals surface area (Å²) in [6.45, 7) is 8.69. The Balaban J connectivity index is 1.66. The number of hydrogen-bond donors (Lipinski definition) is 1. The van der Waals surface area contributed by atoms with E-state index in [1.54, 1.807) is 0 Å². The van der Waals surface area contributed by atoms with E-state index in [9.17, 15) is 0 Å². The minimum Gasteiger partial charge on any atom is -0.351 e. The summed E-state index contributed by atoms with van der Waals surface area (Å²) in [5, 5.41) is 4.31. The maximum atomic E-state index is 5.90. The SMILES string of the molecule is CCc1ccc(-n2c(C)cc([C@H]3[C@H](c4ccccn4)NC(=S)N3c3cccc(C)c3)c2C)cc1. The largest absolute Gasteiger partial charge is 0.351 e. The molecule has 0 amide bonds. The van der Waals surface area contributed by atoms with Crippen LogP contribution in [0.3, 0.4) is 0 Å². The zero-order valence-electron chi connectivity index (χ0n) is 20.1. The summed E-state index contributed by atoms with van der Waals surface area (Å²) < 4.78 is 2.35. The number of anilines is 1. The van der Waals surface area contributed by atoms with Crippen molar-refractivity contribution in [1.29, 1.82) is 0 Å². The molecule has 5 heteroatoms. The van der Waals surface area contributed by atoms with Crippen LogP contribution < -0.4 is 10.2 Å². The highest BCUT2D eigenvalue weighted by Gasteiger charge is 2.42. The van der Waals surface area contributed by atoms with Crippen LogP contribution in [0.2, 0.25) is 0 Å². The lowest BCUT2D eigenvalue weighted by atomic mass is 9.96. The molecule has 1 aliphatic heterocycles. The van der Waals surface area contributed by atoms with Crippen molar-refractivity contribution in [2.45, 2.75) is 46.2 Å². The predicted molar refractivity (Wildman–Crippen MR) is 144 cm³/mol. The minimum absolute atomic E-state index is 0.0148. The van der Waals surface area contributed by atoms with Crippen LogP contribution in [0.15, 0.2) is 79.0 Å². The number of nitrogens with one attached hydrogen (secondary N) is 1. The zero-order chi connectivity index (χ0) is 23.8. The van der Waals surface area contributed by atoms with Gasteiger partial charge in [-0.3, -0.25) is 4.98 Å². The number of aromatic nitrogens is 2. The van der Waals surface area contributed by atoms with Gasteiger partial charge in [0, 0.05) is 29.0 Å². The molecular formula is C29H30N4S. The van der Waals surface area contributed by atoms with Crippen molar-refractivity contribution in [3.63, 3.8) is 0 Å². The van der Waals surface area contributed by atoms with Crippen molar-refractivity contribution >= 4 is 23.0 Å². The van der Waals surface area contributed by atoms with E-state index in [0.29, 0.717) is 0 Å².